The highest BCUT2D eigenvalue weighted by atomic mass is 16.5. The number of nitrogens with zero attached hydrogens (tertiary/aromatic N) is 1. The number of likely N-dealkylation sites (N-methyl/N-ethyl adjacent to an activating group) is 1. The molecule has 2 N–H and O–H groups in total. The van der Waals surface area contributed by atoms with Gasteiger partial charge < -0.3 is 15.4 Å². The summed E-state index contributed by atoms with van der Waals surface area (Å²) in [5.41, 5.74) is 8.83. The summed E-state index contributed by atoms with van der Waals surface area (Å²) in [7, 11) is 3.80. The first-order chi connectivity index (χ1) is 9.02. The molecule has 3 nitrogen and oxygen atoms in total. The molecule has 0 bridgehead atoms. The van der Waals surface area contributed by atoms with Crippen LogP contribution in [0.2, 0.25) is 0 Å². The Hall–Kier alpha value is -0.900. The van der Waals surface area contributed by atoms with Crippen molar-refractivity contribution in [2.45, 2.75) is 26.3 Å². The molecule has 1 atom stereocenters. The van der Waals surface area contributed by atoms with E-state index in [9.17, 15) is 0 Å². The van der Waals surface area contributed by atoms with Gasteiger partial charge in [0.25, 0.3) is 0 Å². The van der Waals surface area contributed by atoms with Gasteiger partial charge in [-0.3, -0.25) is 0 Å². The van der Waals surface area contributed by atoms with E-state index in [-0.39, 0.29) is 6.04 Å². The average Bonchev–Trinajstić information content (AvgIpc) is 2.36. The van der Waals surface area contributed by atoms with Crippen LogP contribution in [-0.2, 0) is 11.2 Å². The molecule has 1 unspecified atom stereocenters. The summed E-state index contributed by atoms with van der Waals surface area (Å²) in [6, 6.07) is 8.78. The Morgan fingerprint density at radius 3 is 2.37 bits per heavy atom. The lowest BCUT2D eigenvalue weighted by Crippen LogP contribution is -2.31. The lowest BCUT2D eigenvalue weighted by Gasteiger charge is -2.21. The largest absolute Gasteiger partial charge is 0.383 e. The second kappa shape index (κ2) is 8.31. The van der Waals surface area contributed by atoms with E-state index in [4.69, 9.17) is 10.5 Å². The van der Waals surface area contributed by atoms with Gasteiger partial charge in [-0.1, -0.05) is 38.1 Å². The van der Waals surface area contributed by atoms with Crippen LogP contribution in [0.15, 0.2) is 24.3 Å². The van der Waals surface area contributed by atoms with Gasteiger partial charge in [-0.2, -0.15) is 0 Å². The van der Waals surface area contributed by atoms with Crippen molar-refractivity contribution in [3.8, 4) is 0 Å². The topological polar surface area (TPSA) is 38.5 Å². The van der Waals surface area contributed by atoms with Crippen molar-refractivity contribution in [2.24, 2.45) is 11.7 Å². The number of rotatable bonds is 8. The van der Waals surface area contributed by atoms with Gasteiger partial charge in [-0.25, -0.2) is 0 Å². The highest BCUT2D eigenvalue weighted by Crippen LogP contribution is 2.15. The highest BCUT2D eigenvalue weighted by Gasteiger charge is 2.09. The molecule has 108 valence electrons. The van der Waals surface area contributed by atoms with Crippen LogP contribution in [0, 0.1) is 5.92 Å². The van der Waals surface area contributed by atoms with E-state index in [1.807, 2.05) is 0 Å². The Morgan fingerprint density at radius 1 is 1.21 bits per heavy atom. The molecule has 0 aliphatic heterocycles. The number of methoxy groups -OCH3 is 1. The van der Waals surface area contributed by atoms with E-state index < -0.39 is 0 Å². The minimum atomic E-state index is 0.0648. The SMILES string of the molecule is COCCN(C)CC(N)c1ccc(CC(C)C)cc1. The van der Waals surface area contributed by atoms with Gasteiger partial charge in [0.1, 0.15) is 0 Å². The number of ether oxygens (including phenoxy) is 1. The standard InChI is InChI=1S/C16H28N2O/c1-13(2)11-14-5-7-15(8-6-14)16(17)12-18(3)9-10-19-4/h5-8,13,16H,9-12,17H2,1-4H3. The molecule has 0 saturated heterocycles. The molecule has 0 radical (unpaired) electrons. The quantitative estimate of drug-likeness (QED) is 0.784. The molecule has 0 aliphatic carbocycles. The molecule has 19 heavy (non-hydrogen) atoms. The first-order valence-corrected chi connectivity index (χ1v) is 7.04. The van der Waals surface area contributed by atoms with Crippen molar-refractivity contribution in [3.63, 3.8) is 0 Å². The van der Waals surface area contributed by atoms with Crippen LogP contribution in [0.3, 0.4) is 0 Å². The summed E-state index contributed by atoms with van der Waals surface area (Å²) in [6.07, 6.45) is 1.13. The van der Waals surface area contributed by atoms with Crippen molar-refractivity contribution in [3.05, 3.63) is 35.4 Å². The maximum absolute atomic E-state index is 6.24. The van der Waals surface area contributed by atoms with Crippen LogP contribution < -0.4 is 5.73 Å². The lowest BCUT2D eigenvalue weighted by molar-refractivity contribution is 0.158. The molecule has 0 heterocycles. The van der Waals surface area contributed by atoms with E-state index in [1.165, 1.54) is 11.1 Å². The number of hydrogen-bond acceptors (Lipinski definition) is 3. The molecule has 0 aliphatic rings. The van der Waals surface area contributed by atoms with E-state index >= 15 is 0 Å². The summed E-state index contributed by atoms with van der Waals surface area (Å²) < 4.78 is 5.07. The van der Waals surface area contributed by atoms with E-state index in [0.717, 1.165) is 26.1 Å². The van der Waals surface area contributed by atoms with Crippen LogP contribution in [0.25, 0.3) is 0 Å². The van der Waals surface area contributed by atoms with Crippen LogP contribution in [0.4, 0.5) is 0 Å². The number of benzene rings is 1. The summed E-state index contributed by atoms with van der Waals surface area (Å²) in [5, 5.41) is 0. The van der Waals surface area contributed by atoms with Crippen molar-refractivity contribution in [1.29, 1.82) is 0 Å². The van der Waals surface area contributed by atoms with Gasteiger partial charge >= 0.3 is 0 Å². The second-order valence-electron chi connectivity index (χ2n) is 5.70. The molecule has 0 saturated carbocycles. The predicted octanol–water partition coefficient (Wildman–Crippen LogP) is 2.46. The first kappa shape index (κ1) is 16.2. The van der Waals surface area contributed by atoms with Gasteiger partial charge in [-0.15, -0.1) is 0 Å². The normalized spacial score (nSPS) is 13.2. The third kappa shape index (κ3) is 6.19. The molecule has 1 rings (SSSR count). The molecular weight excluding hydrogens is 236 g/mol. The number of hydrogen-bond donors (Lipinski definition) is 1. The Kier molecular flexibility index (Phi) is 7.06. The lowest BCUT2D eigenvalue weighted by atomic mass is 9.99. The fraction of sp³-hybridized carbons (Fsp3) is 0.625. The van der Waals surface area contributed by atoms with Crippen molar-refractivity contribution in [2.75, 3.05) is 33.9 Å². The molecule has 0 fully saturated rings. The van der Waals surface area contributed by atoms with Gasteiger partial charge in [0, 0.05) is 26.2 Å². The monoisotopic (exact) mass is 264 g/mol. The van der Waals surface area contributed by atoms with Crippen molar-refractivity contribution in [1.82, 2.24) is 4.90 Å². The third-order valence-corrected chi connectivity index (χ3v) is 3.24. The predicted molar refractivity (Wildman–Crippen MR) is 81.3 cm³/mol. The van der Waals surface area contributed by atoms with E-state index in [0.29, 0.717) is 5.92 Å². The maximum atomic E-state index is 6.24. The first-order valence-electron chi connectivity index (χ1n) is 7.04. The molecule has 0 aromatic heterocycles. The smallest absolute Gasteiger partial charge is 0.0589 e. The van der Waals surface area contributed by atoms with Crippen LogP contribution in [0.5, 0.6) is 0 Å². The van der Waals surface area contributed by atoms with Gasteiger partial charge in [-0.05, 0) is 30.5 Å². The van der Waals surface area contributed by atoms with E-state index in [1.54, 1.807) is 7.11 Å². The van der Waals surface area contributed by atoms with Gasteiger partial charge in [0.2, 0.25) is 0 Å². The Morgan fingerprint density at radius 2 is 1.84 bits per heavy atom. The zero-order chi connectivity index (χ0) is 14.3. The zero-order valence-corrected chi connectivity index (χ0v) is 12.7. The van der Waals surface area contributed by atoms with Crippen LogP contribution in [-0.4, -0.2) is 38.8 Å². The Labute approximate surface area is 117 Å². The Balaban J connectivity index is 2.50. The molecule has 1 aromatic carbocycles. The van der Waals surface area contributed by atoms with Crippen LogP contribution in [0.1, 0.15) is 31.0 Å². The molecule has 1 aromatic rings. The van der Waals surface area contributed by atoms with Crippen molar-refractivity contribution < 1.29 is 4.74 Å². The van der Waals surface area contributed by atoms with Crippen molar-refractivity contribution >= 4 is 0 Å². The molecular formula is C16H28N2O. The van der Waals surface area contributed by atoms with E-state index in [2.05, 4.69) is 50.1 Å². The molecule has 0 spiro atoms. The fourth-order valence-electron chi connectivity index (χ4n) is 2.15. The van der Waals surface area contributed by atoms with Gasteiger partial charge in [0.15, 0.2) is 0 Å². The van der Waals surface area contributed by atoms with Gasteiger partial charge in [0.05, 0.1) is 6.61 Å². The molecule has 3 heteroatoms. The summed E-state index contributed by atoms with van der Waals surface area (Å²) >= 11 is 0. The maximum Gasteiger partial charge on any atom is 0.0589 e. The third-order valence-electron chi connectivity index (χ3n) is 3.24. The fourth-order valence-corrected chi connectivity index (χ4v) is 2.15. The summed E-state index contributed by atoms with van der Waals surface area (Å²) in [6.45, 7) is 6.99. The molecule has 0 amide bonds. The minimum absolute atomic E-state index is 0.0648. The Bertz CT molecular complexity index is 348. The van der Waals surface area contributed by atoms with Crippen LogP contribution >= 0.6 is 0 Å². The highest BCUT2D eigenvalue weighted by molar-refractivity contribution is 5.25. The number of nitrogens with two attached hydrogens (primary N) is 1. The average molecular weight is 264 g/mol. The second-order valence-corrected chi connectivity index (χ2v) is 5.70. The zero-order valence-electron chi connectivity index (χ0n) is 12.7. The minimum Gasteiger partial charge on any atom is -0.383 e. The summed E-state index contributed by atoms with van der Waals surface area (Å²) in [5.74, 6) is 0.694. The summed E-state index contributed by atoms with van der Waals surface area (Å²) in [4.78, 5) is 2.20.